The highest BCUT2D eigenvalue weighted by molar-refractivity contribution is 6.00. The molecule has 1 aromatic carbocycles. The van der Waals surface area contributed by atoms with Gasteiger partial charge in [0.05, 0.1) is 5.56 Å². The summed E-state index contributed by atoms with van der Waals surface area (Å²) in [5.74, 6) is -0.198. The lowest BCUT2D eigenvalue weighted by molar-refractivity contribution is 0.101. The monoisotopic (exact) mass is 284 g/mol. The summed E-state index contributed by atoms with van der Waals surface area (Å²) in [6, 6.07) is 4.81. The average molecular weight is 284 g/mol. The van der Waals surface area contributed by atoms with Gasteiger partial charge in [-0.3, -0.25) is 14.9 Å². The van der Waals surface area contributed by atoms with Crippen molar-refractivity contribution in [3.8, 4) is 0 Å². The number of fused-ring (bicyclic) bond motifs is 1. The number of aryl methyl sites for hydroxylation is 2. The highest BCUT2D eigenvalue weighted by Gasteiger charge is 2.13. The molecule has 106 valence electrons. The zero-order valence-corrected chi connectivity index (χ0v) is 11.6. The summed E-state index contributed by atoms with van der Waals surface area (Å²) < 4.78 is 15.4. The number of benzene rings is 1. The Bertz CT molecular complexity index is 824. The molecule has 0 unspecified atom stereocenters. The molecular weight excluding hydrogens is 271 g/mol. The molecule has 0 aliphatic carbocycles. The number of hydrogen-bond donors (Lipinski definition) is 1. The van der Waals surface area contributed by atoms with E-state index in [9.17, 15) is 9.18 Å². The van der Waals surface area contributed by atoms with E-state index in [1.54, 1.807) is 19.2 Å². The second-order valence-corrected chi connectivity index (χ2v) is 4.78. The molecule has 3 aromatic rings. The van der Waals surface area contributed by atoms with Gasteiger partial charge in [0.1, 0.15) is 17.2 Å². The fourth-order valence-corrected chi connectivity index (χ4v) is 2.18. The van der Waals surface area contributed by atoms with Crippen LogP contribution < -0.4 is 5.43 Å². The van der Waals surface area contributed by atoms with Gasteiger partial charge in [0.25, 0.3) is 5.91 Å². The number of nitrogens with zero attached hydrogens (tertiary/aromatic N) is 3. The van der Waals surface area contributed by atoms with Crippen molar-refractivity contribution in [2.75, 3.05) is 5.43 Å². The molecular formula is C15H13FN4O. The Balaban J connectivity index is 1.98. The van der Waals surface area contributed by atoms with E-state index in [1.165, 1.54) is 23.1 Å². The van der Waals surface area contributed by atoms with Crippen molar-refractivity contribution in [2.45, 2.75) is 13.8 Å². The van der Waals surface area contributed by atoms with Gasteiger partial charge in [-0.1, -0.05) is 12.1 Å². The number of aromatic nitrogens is 3. The smallest absolute Gasteiger partial charge is 0.267 e. The number of halogens is 1. The van der Waals surface area contributed by atoms with Crippen LogP contribution in [0.3, 0.4) is 0 Å². The van der Waals surface area contributed by atoms with Crippen molar-refractivity contribution >= 4 is 16.8 Å². The minimum absolute atomic E-state index is 0.316. The minimum Gasteiger partial charge on any atom is -0.267 e. The summed E-state index contributed by atoms with van der Waals surface area (Å²) in [6.45, 7) is 3.60. The second kappa shape index (κ2) is 4.97. The number of carbonyl (C=O) groups excluding carboxylic acids is 1. The summed E-state index contributed by atoms with van der Waals surface area (Å²) in [7, 11) is 0. The third kappa shape index (κ3) is 2.35. The molecule has 5 nitrogen and oxygen atoms in total. The number of amides is 1. The zero-order valence-electron chi connectivity index (χ0n) is 11.6. The van der Waals surface area contributed by atoms with Gasteiger partial charge >= 0.3 is 0 Å². The van der Waals surface area contributed by atoms with Crippen molar-refractivity contribution in [2.24, 2.45) is 0 Å². The predicted molar refractivity (Wildman–Crippen MR) is 77.1 cm³/mol. The molecule has 0 saturated carbocycles. The Hall–Kier alpha value is -2.76. The Morgan fingerprint density at radius 1 is 1.24 bits per heavy atom. The van der Waals surface area contributed by atoms with Gasteiger partial charge in [-0.15, -0.1) is 0 Å². The third-order valence-electron chi connectivity index (χ3n) is 3.24. The van der Waals surface area contributed by atoms with Gasteiger partial charge in [0, 0.05) is 24.0 Å². The van der Waals surface area contributed by atoms with Gasteiger partial charge in [-0.2, -0.15) is 0 Å². The summed E-state index contributed by atoms with van der Waals surface area (Å²) in [4.78, 5) is 20.1. The molecule has 0 spiro atoms. The molecule has 0 fully saturated rings. The van der Waals surface area contributed by atoms with Crippen molar-refractivity contribution in [3.05, 3.63) is 59.6 Å². The largest absolute Gasteiger partial charge is 0.273 e. The lowest BCUT2D eigenvalue weighted by Gasteiger charge is -2.08. The van der Waals surface area contributed by atoms with E-state index in [0.717, 1.165) is 10.9 Å². The van der Waals surface area contributed by atoms with Gasteiger partial charge < -0.3 is 0 Å². The molecule has 0 aliphatic rings. The molecule has 1 amide bonds. The van der Waals surface area contributed by atoms with Gasteiger partial charge in [0.2, 0.25) is 0 Å². The van der Waals surface area contributed by atoms with Crippen LogP contribution in [-0.2, 0) is 0 Å². The average Bonchev–Trinajstić information content (AvgIpc) is 2.77. The lowest BCUT2D eigenvalue weighted by atomic mass is 10.2. The van der Waals surface area contributed by atoms with Crippen LogP contribution in [0.1, 0.15) is 21.7 Å². The molecule has 1 N–H and O–H groups in total. The van der Waals surface area contributed by atoms with Crippen LogP contribution in [0.15, 0.2) is 36.8 Å². The number of nitrogens with one attached hydrogen (secondary N) is 1. The van der Waals surface area contributed by atoms with Crippen molar-refractivity contribution in [1.82, 2.24) is 14.6 Å². The number of rotatable bonds is 2. The highest BCUT2D eigenvalue weighted by atomic mass is 19.1. The van der Waals surface area contributed by atoms with Crippen LogP contribution in [0, 0.1) is 19.7 Å². The van der Waals surface area contributed by atoms with Crippen LogP contribution >= 0.6 is 0 Å². The fourth-order valence-electron chi connectivity index (χ4n) is 2.18. The Morgan fingerprint density at radius 2 is 1.95 bits per heavy atom. The molecule has 2 aromatic heterocycles. The lowest BCUT2D eigenvalue weighted by Crippen LogP contribution is -2.22. The quantitative estimate of drug-likeness (QED) is 0.786. The van der Waals surface area contributed by atoms with Gasteiger partial charge in [-0.05, 0) is 25.5 Å². The van der Waals surface area contributed by atoms with Crippen LogP contribution in [-0.4, -0.2) is 20.6 Å². The fraction of sp³-hybridized carbons (Fsp3) is 0.133. The van der Waals surface area contributed by atoms with Gasteiger partial charge in [-0.25, -0.2) is 14.4 Å². The first-order valence-corrected chi connectivity index (χ1v) is 6.42. The number of carbonyl (C=O) groups is 1. The van der Waals surface area contributed by atoms with Crippen LogP contribution in [0.4, 0.5) is 4.39 Å². The molecule has 3 rings (SSSR count). The SMILES string of the molecule is Cc1ncc(C(=O)Nn2cc(C)c3cccc(F)c32)cn1. The molecule has 0 saturated heterocycles. The Morgan fingerprint density at radius 3 is 2.67 bits per heavy atom. The first-order valence-electron chi connectivity index (χ1n) is 6.42. The van der Waals surface area contributed by atoms with E-state index in [-0.39, 0.29) is 5.82 Å². The van der Waals surface area contributed by atoms with Crippen molar-refractivity contribution < 1.29 is 9.18 Å². The Labute approximate surface area is 120 Å². The van der Waals surface area contributed by atoms with E-state index < -0.39 is 5.91 Å². The van der Waals surface area contributed by atoms with Crippen LogP contribution in [0.2, 0.25) is 0 Å². The van der Waals surface area contributed by atoms with E-state index >= 15 is 0 Å². The summed E-state index contributed by atoms with van der Waals surface area (Å²) >= 11 is 0. The topological polar surface area (TPSA) is 59.8 Å². The van der Waals surface area contributed by atoms with E-state index in [4.69, 9.17) is 0 Å². The maximum Gasteiger partial charge on any atom is 0.273 e. The summed E-state index contributed by atoms with van der Waals surface area (Å²) in [5.41, 5.74) is 4.18. The predicted octanol–water partition coefficient (Wildman–Crippen LogP) is 2.57. The van der Waals surface area contributed by atoms with Crippen molar-refractivity contribution in [1.29, 1.82) is 0 Å². The maximum absolute atomic E-state index is 14.0. The highest BCUT2D eigenvalue weighted by Crippen LogP contribution is 2.22. The van der Waals surface area contributed by atoms with E-state index in [0.29, 0.717) is 16.9 Å². The molecule has 0 atom stereocenters. The summed E-state index contributed by atoms with van der Waals surface area (Å²) in [6.07, 6.45) is 4.56. The minimum atomic E-state index is -0.393. The van der Waals surface area contributed by atoms with Crippen molar-refractivity contribution in [3.63, 3.8) is 0 Å². The third-order valence-corrected chi connectivity index (χ3v) is 3.24. The number of para-hydroxylation sites is 1. The maximum atomic E-state index is 14.0. The first-order chi connectivity index (χ1) is 10.1. The zero-order chi connectivity index (χ0) is 15.0. The van der Waals surface area contributed by atoms with E-state index in [2.05, 4.69) is 15.4 Å². The molecule has 0 radical (unpaired) electrons. The molecule has 0 bridgehead atoms. The second-order valence-electron chi connectivity index (χ2n) is 4.78. The first kappa shape index (κ1) is 13.2. The molecule has 2 heterocycles. The van der Waals surface area contributed by atoms with E-state index in [1.807, 2.05) is 13.0 Å². The molecule has 0 aliphatic heterocycles. The molecule has 21 heavy (non-hydrogen) atoms. The van der Waals surface area contributed by atoms with Crippen LogP contribution in [0.25, 0.3) is 10.9 Å². The normalized spacial score (nSPS) is 10.8. The standard InChI is InChI=1S/C15H13FN4O/c1-9-8-20(14-12(9)4-3-5-13(14)16)19-15(21)11-6-17-10(2)18-7-11/h3-8H,1-2H3,(H,19,21). The Kier molecular flexibility index (Phi) is 3.13. The van der Waals surface area contributed by atoms with Crippen LogP contribution in [0.5, 0.6) is 0 Å². The number of hydrogen-bond acceptors (Lipinski definition) is 3. The van der Waals surface area contributed by atoms with Gasteiger partial charge in [0.15, 0.2) is 0 Å². The summed E-state index contributed by atoms with van der Waals surface area (Å²) in [5, 5.41) is 0.760. The molecule has 6 heteroatoms.